The van der Waals surface area contributed by atoms with Crippen molar-refractivity contribution in [3.05, 3.63) is 64.5 Å². The van der Waals surface area contributed by atoms with E-state index in [2.05, 4.69) is 57.3 Å². The fraction of sp³-hybridized carbons (Fsp3) is 0.133. The zero-order valence-electron chi connectivity index (χ0n) is 10.5. The molecule has 0 saturated heterocycles. The molecule has 0 fully saturated rings. The third kappa shape index (κ3) is 3.10. The topological polar surface area (TPSA) is 40.7 Å². The average molecular weight is 269 g/mol. The van der Waals surface area contributed by atoms with Crippen molar-refractivity contribution in [1.82, 2.24) is 15.5 Å². The first-order chi connectivity index (χ1) is 9.42. The molecule has 0 aliphatic carbocycles. The van der Waals surface area contributed by atoms with Gasteiger partial charge in [-0.3, -0.25) is 5.10 Å². The second-order valence-electron chi connectivity index (χ2n) is 4.35. The van der Waals surface area contributed by atoms with E-state index in [-0.39, 0.29) is 0 Å². The number of hydrogen-bond acceptors (Lipinski definition) is 3. The minimum Gasteiger partial charge on any atom is -0.308 e. The van der Waals surface area contributed by atoms with E-state index in [4.69, 9.17) is 0 Å². The average Bonchev–Trinajstić information content (AvgIpc) is 3.13. The van der Waals surface area contributed by atoms with Crippen molar-refractivity contribution >= 4 is 11.3 Å². The third-order valence-electron chi connectivity index (χ3n) is 2.97. The third-order valence-corrected chi connectivity index (χ3v) is 3.85. The molecule has 3 aromatic rings. The van der Waals surface area contributed by atoms with Gasteiger partial charge in [-0.25, -0.2) is 0 Å². The van der Waals surface area contributed by atoms with E-state index < -0.39 is 0 Å². The van der Waals surface area contributed by atoms with Crippen molar-refractivity contribution in [2.45, 2.75) is 13.1 Å². The van der Waals surface area contributed by atoms with Crippen LogP contribution in [0.2, 0.25) is 0 Å². The Morgan fingerprint density at radius 3 is 2.63 bits per heavy atom. The van der Waals surface area contributed by atoms with Gasteiger partial charge in [0.1, 0.15) is 0 Å². The molecule has 3 rings (SSSR count). The van der Waals surface area contributed by atoms with Crippen LogP contribution in [0, 0.1) is 0 Å². The van der Waals surface area contributed by atoms with Crippen molar-refractivity contribution in [2.24, 2.45) is 0 Å². The van der Waals surface area contributed by atoms with Crippen LogP contribution in [0.5, 0.6) is 0 Å². The van der Waals surface area contributed by atoms with Crippen molar-refractivity contribution in [2.75, 3.05) is 0 Å². The Hall–Kier alpha value is -1.91. The SMILES string of the molecule is c1csc(CNCc2ccc(-c3ccn[nH]3)cc2)c1. The standard InChI is InChI=1S/C15H15N3S/c1-2-14(19-9-1)11-16-10-12-3-5-13(6-4-12)15-7-8-17-18-15/h1-9,16H,10-11H2,(H,17,18). The Labute approximate surface area is 116 Å². The highest BCUT2D eigenvalue weighted by molar-refractivity contribution is 7.09. The number of nitrogens with zero attached hydrogens (tertiary/aromatic N) is 1. The first-order valence-corrected chi connectivity index (χ1v) is 7.11. The summed E-state index contributed by atoms with van der Waals surface area (Å²) in [6, 6.07) is 14.8. The summed E-state index contributed by atoms with van der Waals surface area (Å²) in [5, 5.41) is 12.5. The zero-order valence-corrected chi connectivity index (χ0v) is 11.3. The Bertz CT molecular complexity index is 597. The lowest BCUT2D eigenvalue weighted by molar-refractivity contribution is 0.701. The van der Waals surface area contributed by atoms with Gasteiger partial charge in [0.15, 0.2) is 0 Å². The molecule has 0 radical (unpaired) electrons. The summed E-state index contributed by atoms with van der Waals surface area (Å²) in [5.41, 5.74) is 3.51. The lowest BCUT2D eigenvalue weighted by atomic mass is 10.1. The summed E-state index contributed by atoms with van der Waals surface area (Å²) in [7, 11) is 0. The minimum atomic E-state index is 0.890. The lowest BCUT2D eigenvalue weighted by Crippen LogP contribution is -2.11. The maximum Gasteiger partial charge on any atom is 0.0650 e. The van der Waals surface area contributed by atoms with Gasteiger partial charge in [-0.15, -0.1) is 11.3 Å². The minimum absolute atomic E-state index is 0.890. The summed E-state index contributed by atoms with van der Waals surface area (Å²) in [6.07, 6.45) is 1.77. The van der Waals surface area contributed by atoms with Crippen molar-refractivity contribution in [1.29, 1.82) is 0 Å². The molecule has 2 heterocycles. The fourth-order valence-corrected chi connectivity index (χ4v) is 2.64. The van der Waals surface area contributed by atoms with Gasteiger partial charge < -0.3 is 5.32 Å². The van der Waals surface area contributed by atoms with Gasteiger partial charge in [0, 0.05) is 24.2 Å². The van der Waals surface area contributed by atoms with Crippen LogP contribution in [-0.2, 0) is 13.1 Å². The number of nitrogens with one attached hydrogen (secondary N) is 2. The first kappa shape index (κ1) is 12.1. The van der Waals surface area contributed by atoms with Gasteiger partial charge in [0.2, 0.25) is 0 Å². The second kappa shape index (κ2) is 5.82. The highest BCUT2D eigenvalue weighted by atomic mass is 32.1. The summed E-state index contributed by atoms with van der Waals surface area (Å²) < 4.78 is 0. The molecule has 0 bridgehead atoms. The molecule has 19 heavy (non-hydrogen) atoms. The maximum atomic E-state index is 3.96. The van der Waals surface area contributed by atoms with Gasteiger partial charge in [-0.1, -0.05) is 30.3 Å². The van der Waals surface area contributed by atoms with Crippen LogP contribution < -0.4 is 5.32 Å². The Morgan fingerprint density at radius 2 is 1.95 bits per heavy atom. The van der Waals surface area contributed by atoms with Gasteiger partial charge in [0.05, 0.1) is 5.69 Å². The van der Waals surface area contributed by atoms with E-state index in [1.807, 2.05) is 6.07 Å². The molecule has 1 aromatic carbocycles. The molecule has 0 amide bonds. The number of thiophene rings is 1. The van der Waals surface area contributed by atoms with Crippen molar-refractivity contribution in [3.8, 4) is 11.3 Å². The monoisotopic (exact) mass is 269 g/mol. The Kier molecular flexibility index (Phi) is 3.72. The van der Waals surface area contributed by atoms with E-state index >= 15 is 0 Å². The molecule has 0 saturated carbocycles. The van der Waals surface area contributed by atoms with Crippen LogP contribution >= 0.6 is 11.3 Å². The normalized spacial score (nSPS) is 10.7. The van der Waals surface area contributed by atoms with E-state index in [1.54, 1.807) is 17.5 Å². The van der Waals surface area contributed by atoms with Crippen molar-refractivity contribution in [3.63, 3.8) is 0 Å². The van der Waals surface area contributed by atoms with E-state index in [0.29, 0.717) is 0 Å². The van der Waals surface area contributed by atoms with E-state index in [0.717, 1.165) is 18.8 Å². The lowest BCUT2D eigenvalue weighted by Gasteiger charge is -2.04. The van der Waals surface area contributed by atoms with Crippen LogP contribution in [0.15, 0.2) is 54.0 Å². The maximum absolute atomic E-state index is 3.96. The van der Waals surface area contributed by atoms with Crippen LogP contribution in [0.4, 0.5) is 0 Å². The van der Waals surface area contributed by atoms with Gasteiger partial charge >= 0.3 is 0 Å². The molecule has 2 N–H and O–H groups in total. The van der Waals surface area contributed by atoms with Gasteiger partial charge in [-0.2, -0.15) is 5.10 Å². The van der Waals surface area contributed by atoms with E-state index in [9.17, 15) is 0 Å². The predicted molar refractivity (Wildman–Crippen MR) is 78.9 cm³/mol. The summed E-state index contributed by atoms with van der Waals surface area (Å²) >= 11 is 1.79. The van der Waals surface area contributed by atoms with Crippen LogP contribution in [0.1, 0.15) is 10.4 Å². The highest BCUT2D eigenvalue weighted by Gasteiger charge is 1.99. The van der Waals surface area contributed by atoms with E-state index in [1.165, 1.54) is 16.0 Å². The first-order valence-electron chi connectivity index (χ1n) is 6.23. The number of benzene rings is 1. The Balaban J connectivity index is 1.57. The molecule has 0 spiro atoms. The number of hydrogen-bond donors (Lipinski definition) is 2. The molecular weight excluding hydrogens is 254 g/mol. The molecule has 4 heteroatoms. The number of rotatable bonds is 5. The van der Waals surface area contributed by atoms with Crippen LogP contribution in [0.3, 0.4) is 0 Å². The molecule has 0 atom stereocenters. The number of H-pyrrole nitrogens is 1. The second-order valence-corrected chi connectivity index (χ2v) is 5.38. The molecule has 0 aliphatic rings. The molecule has 96 valence electrons. The number of aromatic nitrogens is 2. The smallest absolute Gasteiger partial charge is 0.0650 e. The predicted octanol–water partition coefficient (Wildman–Crippen LogP) is 3.43. The summed E-state index contributed by atoms with van der Waals surface area (Å²) in [6.45, 7) is 1.82. The molecule has 3 nitrogen and oxygen atoms in total. The van der Waals surface area contributed by atoms with Crippen LogP contribution in [-0.4, -0.2) is 10.2 Å². The summed E-state index contributed by atoms with van der Waals surface area (Å²) in [4.78, 5) is 1.37. The van der Waals surface area contributed by atoms with Crippen molar-refractivity contribution < 1.29 is 0 Å². The highest BCUT2D eigenvalue weighted by Crippen LogP contribution is 2.16. The Morgan fingerprint density at radius 1 is 1.05 bits per heavy atom. The fourth-order valence-electron chi connectivity index (χ4n) is 1.96. The van der Waals surface area contributed by atoms with Gasteiger partial charge in [-0.05, 0) is 28.6 Å². The molecular formula is C15H15N3S. The largest absolute Gasteiger partial charge is 0.308 e. The van der Waals surface area contributed by atoms with Gasteiger partial charge in [0.25, 0.3) is 0 Å². The molecule has 2 aromatic heterocycles. The zero-order chi connectivity index (χ0) is 12.9. The quantitative estimate of drug-likeness (QED) is 0.745. The summed E-state index contributed by atoms with van der Waals surface area (Å²) in [5.74, 6) is 0. The van der Waals surface area contributed by atoms with Crippen LogP contribution in [0.25, 0.3) is 11.3 Å². The number of aromatic amines is 1. The molecule has 0 unspecified atom stereocenters. The molecule has 0 aliphatic heterocycles.